The van der Waals surface area contributed by atoms with Crippen LogP contribution in [0, 0.1) is 35.0 Å². The van der Waals surface area contributed by atoms with E-state index in [1.165, 1.54) is 5.57 Å². The zero-order chi connectivity index (χ0) is 22.3. The maximum absolute atomic E-state index is 13.7. The van der Waals surface area contributed by atoms with Gasteiger partial charge in [-0.25, -0.2) is 0 Å². The average molecular weight is 431 g/mol. The minimum absolute atomic E-state index is 0.0266. The summed E-state index contributed by atoms with van der Waals surface area (Å²) in [6, 6.07) is 0. The fourth-order valence-corrected chi connectivity index (χ4v) is 7.81. The summed E-state index contributed by atoms with van der Waals surface area (Å²) >= 11 is 0. The minimum atomic E-state index is -0.854. The molecule has 9 unspecified atom stereocenters. The lowest BCUT2D eigenvalue weighted by atomic mass is 9.58. The number of aliphatic hydroxyl groups excluding tert-OH is 1. The molecule has 3 fully saturated rings. The third kappa shape index (κ3) is 2.88. The first-order valence-electron chi connectivity index (χ1n) is 12.2. The summed E-state index contributed by atoms with van der Waals surface area (Å²) in [5.74, 6) is 0.747. The Bertz CT molecular complexity index is 828. The molecule has 1 N–H and O–H groups in total. The molecule has 2 heterocycles. The molecule has 5 heteroatoms. The van der Waals surface area contributed by atoms with Crippen LogP contribution in [0.1, 0.15) is 66.7 Å². The van der Waals surface area contributed by atoms with E-state index in [0.29, 0.717) is 11.5 Å². The fraction of sp³-hybridized carbons (Fsp3) is 0.808. The second kappa shape index (κ2) is 7.16. The molecule has 0 amide bonds. The van der Waals surface area contributed by atoms with Crippen LogP contribution in [-0.4, -0.2) is 41.6 Å². The van der Waals surface area contributed by atoms with Gasteiger partial charge in [0.25, 0.3) is 0 Å². The molecular weight excluding hydrogens is 392 g/mol. The number of allylic oxidation sites excluding steroid dienone is 2. The maximum atomic E-state index is 13.7. The topological polar surface area (TPSA) is 65.0 Å². The van der Waals surface area contributed by atoms with Gasteiger partial charge in [-0.2, -0.15) is 0 Å². The van der Waals surface area contributed by atoms with Crippen LogP contribution in [0.2, 0.25) is 0 Å². The lowest BCUT2D eigenvalue weighted by Gasteiger charge is -2.58. The normalized spacial score (nSPS) is 47.5. The molecule has 0 radical (unpaired) electrons. The van der Waals surface area contributed by atoms with Gasteiger partial charge < -0.3 is 19.3 Å². The number of hydrogen-bond acceptors (Lipinski definition) is 5. The van der Waals surface area contributed by atoms with Crippen LogP contribution < -0.4 is 0 Å². The molecule has 0 aromatic carbocycles. The molecular formula is C26H38O5. The van der Waals surface area contributed by atoms with E-state index in [1.54, 1.807) is 0 Å². The summed E-state index contributed by atoms with van der Waals surface area (Å²) < 4.78 is 19.0. The molecule has 3 aliphatic carbocycles. The molecule has 5 rings (SSSR count). The van der Waals surface area contributed by atoms with Crippen molar-refractivity contribution >= 4 is 5.78 Å². The van der Waals surface area contributed by atoms with E-state index in [4.69, 9.17) is 14.2 Å². The highest BCUT2D eigenvalue weighted by Gasteiger charge is 2.72. The van der Waals surface area contributed by atoms with Gasteiger partial charge in [0, 0.05) is 11.8 Å². The largest absolute Gasteiger partial charge is 0.498 e. The second-order valence-electron chi connectivity index (χ2n) is 11.3. The van der Waals surface area contributed by atoms with Gasteiger partial charge >= 0.3 is 0 Å². The van der Waals surface area contributed by atoms with Gasteiger partial charge in [0.15, 0.2) is 11.6 Å². The van der Waals surface area contributed by atoms with Gasteiger partial charge in [0.1, 0.15) is 6.10 Å². The summed E-state index contributed by atoms with van der Waals surface area (Å²) in [4.78, 5) is 13.7. The molecule has 0 spiro atoms. The van der Waals surface area contributed by atoms with E-state index >= 15 is 0 Å². The number of ether oxygens (including phenoxy) is 3. The summed E-state index contributed by atoms with van der Waals surface area (Å²) in [7, 11) is 0. The van der Waals surface area contributed by atoms with Gasteiger partial charge in [-0.3, -0.25) is 4.79 Å². The molecule has 172 valence electrons. The highest BCUT2D eigenvalue weighted by Crippen LogP contribution is 2.62. The molecule has 2 bridgehead atoms. The molecule has 5 aliphatic rings. The first kappa shape index (κ1) is 21.7. The average Bonchev–Trinajstić information content (AvgIpc) is 2.86. The minimum Gasteiger partial charge on any atom is -0.498 e. The lowest BCUT2D eigenvalue weighted by Crippen LogP contribution is -2.68. The first-order valence-corrected chi connectivity index (χ1v) is 12.2. The molecule has 5 nitrogen and oxygen atoms in total. The number of carbonyl (C=O) groups is 1. The Morgan fingerprint density at radius 2 is 1.90 bits per heavy atom. The van der Waals surface area contributed by atoms with Crippen LogP contribution in [0.5, 0.6) is 0 Å². The van der Waals surface area contributed by atoms with Gasteiger partial charge in [0.2, 0.25) is 0 Å². The standard InChI is InChI=1S/C26H38O5/c1-13-12-17-8-7-11-29-21(17)16(4)19(13)20(27)24-26-14(2)9-10-18(15(3)22(26)28)23(26)30-25(5,6)31-24/h13-14,16,18-20,23-24,27H,3,7-12H2,1-2,4-6H3. The predicted octanol–water partition coefficient (Wildman–Crippen LogP) is 4.40. The van der Waals surface area contributed by atoms with Crippen LogP contribution in [0.25, 0.3) is 0 Å². The Morgan fingerprint density at radius 3 is 2.65 bits per heavy atom. The third-order valence-corrected chi connectivity index (χ3v) is 9.14. The Kier molecular flexibility index (Phi) is 5.01. The SMILES string of the molecule is C=C1C(=O)C23C(C)CCC1C2OC(C)(C)OC3C(O)C1C(C)CC2=C(OCCC2)C1C. The van der Waals surface area contributed by atoms with E-state index in [-0.39, 0.29) is 35.6 Å². The van der Waals surface area contributed by atoms with Crippen molar-refractivity contribution in [3.63, 3.8) is 0 Å². The quantitative estimate of drug-likeness (QED) is 0.658. The number of Topliss-reactive ketones (excluding diaryl/α,β-unsaturated/α-hetero) is 1. The smallest absolute Gasteiger partial charge is 0.170 e. The van der Waals surface area contributed by atoms with Crippen molar-refractivity contribution in [3.8, 4) is 0 Å². The van der Waals surface area contributed by atoms with Crippen LogP contribution >= 0.6 is 0 Å². The highest BCUT2D eigenvalue weighted by atomic mass is 16.7. The summed E-state index contributed by atoms with van der Waals surface area (Å²) in [6.45, 7) is 15.3. The predicted molar refractivity (Wildman–Crippen MR) is 117 cm³/mol. The number of hydrogen-bond donors (Lipinski definition) is 1. The fourth-order valence-electron chi connectivity index (χ4n) is 7.81. The van der Waals surface area contributed by atoms with E-state index in [1.807, 2.05) is 13.8 Å². The van der Waals surface area contributed by atoms with Crippen molar-refractivity contribution in [2.45, 2.75) is 90.8 Å². The molecule has 31 heavy (non-hydrogen) atoms. The van der Waals surface area contributed by atoms with Gasteiger partial charge in [-0.15, -0.1) is 0 Å². The number of aliphatic hydroxyl groups is 1. The Balaban J connectivity index is 1.57. The van der Waals surface area contributed by atoms with Crippen LogP contribution in [0.4, 0.5) is 0 Å². The van der Waals surface area contributed by atoms with Crippen LogP contribution in [0.15, 0.2) is 23.5 Å². The van der Waals surface area contributed by atoms with Gasteiger partial charge in [-0.05, 0) is 74.9 Å². The zero-order valence-electron chi connectivity index (χ0n) is 19.6. The van der Waals surface area contributed by atoms with Gasteiger partial charge in [-0.1, -0.05) is 27.4 Å². The van der Waals surface area contributed by atoms with Crippen molar-refractivity contribution in [3.05, 3.63) is 23.5 Å². The van der Waals surface area contributed by atoms with E-state index in [2.05, 4.69) is 27.4 Å². The lowest BCUT2D eigenvalue weighted by molar-refractivity contribution is -0.369. The summed E-state index contributed by atoms with van der Waals surface area (Å²) in [6.07, 6.45) is 3.31. The van der Waals surface area contributed by atoms with Gasteiger partial charge in [0.05, 0.1) is 30.0 Å². The molecule has 9 atom stereocenters. The molecule has 2 aliphatic heterocycles. The number of rotatable bonds is 2. The monoisotopic (exact) mass is 430 g/mol. The van der Waals surface area contributed by atoms with Crippen molar-refractivity contribution in [2.24, 2.45) is 35.0 Å². The van der Waals surface area contributed by atoms with E-state index in [0.717, 1.165) is 44.5 Å². The maximum Gasteiger partial charge on any atom is 0.170 e. The molecule has 0 aromatic heterocycles. The highest BCUT2D eigenvalue weighted by molar-refractivity contribution is 6.04. The van der Waals surface area contributed by atoms with Crippen molar-refractivity contribution in [1.29, 1.82) is 0 Å². The summed E-state index contributed by atoms with van der Waals surface area (Å²) in [5, 5.41) is 12.0. The van der Waals surface area contributed by atoms with Crippen molar-refractivity contribution < 1.29 is 24.1 Å². The number of ketones is 1. The van der Waals surface area contributed by atoms with Crippen LogP contribution in [-0.2, 0) is 19.0 Å². The number of carbonyl (C=O) groups excluding carboxylic acids is 1. The molecule has 1 saturated heterocycles. The van der Waals surface area contributed by atoms with E-state index < -0.39 is 23.4 Å². The zero-order valence-corrected chi connectivity index (χ0v) is 19.6. The summed E-state index contributed by atoms with van der Waals surface area (Å²) in [5.41, 5.74) is 1.23. The Hall–Kier alpha value is -1.17. The Morgan fingerprint density at radius 1 is 1.16 bits per heavy atom. The van der Waals surface area contributed by atoms with E-state index in [9.17, 15) is 9.90 Å². The molecule has 2 saturated carbocycles. The second-order valence-corrected chi connectivity index (χ2v) is 11.3. The third-order valence-electron chi connectivity index (χ3n) is 9.14. The molecule has 0 aromatic rings. The first-order chi connectivity index (χ1) is 14.6. The van der Waals surface area contributed by atoms with Crippen molar-refractivity contribution in [1.82, 2.24) is 0 Å². The Labute approximate surface area is 186 Å². The van der Waals surface area contributed by atoms with Crippen LogP contribution in [0.3, 0.4) is 0 Å². The van der Waals surface area contributed by atoms with Crippen molar-refractivity contribution in [2.75, 3.05) is 6.61 Å².